The van der Waals surface area contributed by atoms with E-state index in [1.807, 2.05) is 11.2 Å². The van der Waals surface area contributed by atoms with E-state index in [2.05, 4.69) is 53.0 Å². The molecule has 0 bridgehead atoms. The van der Waals surface area contributed by atoms with E-state index in [0.29, 0.717) is 31.1 Å². The Bertz CT molecular complexity index is 1160. The molecule has 2 atom stereocenters. The molecule has 3 heterocycles. The lowest BCUT2D eigenvalue weighted by atomic mass is 9.94. The highest BCUT2D eigenvalue weighted by Crippen LogP contribution is 2.33. The summed E-state index contributed by atoms with van der Waals surface area (Å²) in [5, 5.41) is 5.32. The summed E-state index contributed by atoms with van der Waals surface area (Å²) in [5.74, 6) is 1.16. The summed E-state index contributed by atoms with van der Waals surface area (Å²) in [6, 6.07) is 5.35. The van der Waals surface area contributed by atoms with E-state index in [0.717, 1.165) is 35.0 Å². The fourth-order valence-electron chi connectivity index (χ4n) is 4.63. The lowest BCUT2D eigenvalue weighted by Crippen LogP contribution is -2.45. The Hall–Kier alpha value is -2.91. The van der Waals surface area contributed by atoms with Crippen molar-refractivity contribution in [1.82, 2.24) is 29.8 Å². The van der Waals surface area contributed by atoms with Crippen LogP contribution < -0.4 is 10.7 Å². The zero-order chi connectivity index (χ0) is 25.8. The first-order chi connectivity index (χ1) is 17.2. The lowest BCUT2D eigenvalue weighted by Gasteiger charge is -2.35. The summed E-state index contributed by atoms with van der Waals surface area (Å²) < 4.78 is 31.6. The summed E-state index contributed by atoms with van der Waals surface area (Å²) in [7, 11) is 0. The molecule has 194 valence electrons. The van der Waals surface area contributed by atoms with Gasteiger partial charge in [0.05, 0.1) is 18.2 Å². The first-order valence-corrected chi connectivity index (χ1v) is 12.8. The van der Waals surface area contributed by atoms with Gasteiger partial charge in [-0.15, -0.1) is 0 Å². The summed E-state index contributed by atoms with van der Waals surface area (Å²) in [5.41, 5.74) is 6.46. The fraction of sp³-hybridized carbons (Fsp3) is 0.519. The van der Waals surface area contributed by atoms with Crippen molar-refractivity contribution in [2.24, 2.45) is 0 Å². The number of aryl methyl sites for hydroxylation is 1. The Balaban J connectivity index is 1.54. The third kappa shape index (κ3) is 6.07. The molecule has 9 heteroatoms. The number of aromatic nitrogens is 4. The molecule has 2 aromatic heterocycles. The SMILES string of the molecule is Cc1cc(-c2cn(CCNC(C)C)c(C3CCN(Nc4ncncc4C(C)C)CC3F)n2)ccc1F. The molecular weight excluding hydrogens is 460 g/mol. The highest BCUT2D eigenvalue weighted by Gasteiger charge is 2.34. The van der Waals surface area contributed by atoms with Gasteiger partial charge in [-0.3, -0.25) is 0 Å². The smallest absolute Gasteiger partial charge is 0.147 e. The second-order valence-electron chi connectivity index (χ2n) is 10.2. The molecular formula is C27H37F2N7. The van der Waals surface area contributed by atoms with Gasteiger partial charge in [0.15, 0.2) is 0 Å². The van der Waals surface area contributed by atoms with Crippen molar-refractivity contribution < 1.29 is 8.78 Å². The van der Waals surface area contributed by atoms with E-state index in [1.54, 1.807) is 25.3 Å². The molecule has 1 aromatic carbocycles. The number of imidazole rings is 1. The third-order valence-corrected chi connectivity index (χ3v) is 6.67. The minimum absolute atomic E-state index is 0.230. The molecule has 0 aliphatic carbocycles. The minimum Gasteiger partial charge on any atom is -0.333 e. The number of hydrogen-bond acceptors (Lipinski definition) is 6. The van der Waals surface area contributed by atoms with Crippen LogP contribution in [-0.2, 0) is 6.54 Å². The third-order valence-electron chi connectivity index (χ3n) is 6.67. The van der Waals surface area contributed by atoms with Gasteiger partial charge in [0.1, 0.15) is 30.0 Å². The Morgan fingerprint density at radius 1 is 1.19 bits per heavy atom. The predicted molar refractivity (Wildman–Crippen MR) is 139 cm³/mol. The monoisotopic (exact) mass is 497 g/mol. The molecule has 7 nitrogen and oxygen atoms in total. The van der Waals surface area contributed by atoms with Crippen LogP contribution in [0.25, 0.3) is 11.3 Å². The number of nitrogens with one attached hydrogen (secondary N) is 2. The molecule has 0 radical (unpaired) electrons. The molecule has 1 fully saturated rings. The van der Waals surface area contributed by atoms with Crippen LogP contribution in [0.15, 0.2) is 36.9 Å². The van der Waals surface area contributed by atoms with Gasteiger partial charge in [0.2, 0.25) is 0 Å². The molecule has 1 saturated heterocycles. The molecule has 2 N–H and O–H groups in total. The molecule has 3 aromatic rings. The van der Waals surface area contributed by atoms with Crippen LogP contribution in [0.5, 0.6) is 0 Å². The number of benzene rings is 1. The maximum Gasteiger partial charge on any atom is 0.147 e. The van der Waals surface area contributed by atoms with Gasteiger partial charge in [0, 0.05) is 49.2 Å². The summed E-state index contributed by atoms with van der Waals surface area (Å²) in [6.45, 7) is 12.4. The van der Waals surface area contributed by atoms with E-state index in [1.165, 1.54) is 12.4 Å². The zero-order valence-corrected chi connectivity index (χ0v) is 21.8. The molecule has 2 unspecified atom stereocenters. The largest absolute Gasteiger partial charge is 0.333 e. The number of rotatable bonds is 9. The standard InChI is InChI=1S/C27H37F2N7/c1-17(2)22-13-30-16-32-26(22)34-36-10-8-21(24(29)14-36)27-33-25(15-35(27)11-9-31-18(3)4)20-6-7-23(28)19(5)12-20/h6-7,12-13,15-18,21,24,31H,8-11,14H2,1-5H3,(H,30,32,34). The van der Waals surface area contributed by atoms with Crippen LogP contribution in [0.4, 0.5) is 14.6 Å². The second kappa shape index (κ2) is 11.4. The van der Waals surface area contributed by atoms with Gasteiger partial charge >= 0.3 is 0 Å². The number of anilines is 1. The highest BCUT2D eigenvalue weighted by atomic mass is 19.1. The molecule has 1 aliphatic rings. The average Bonchev–Trinajstić information content (AvgIpc) is 3.24. The predicted octanol–water partition coefficient (Wildman–Crippen LogP) is 5.06. The number of alkyl halides is 1. The van der Waals surface area contributed by atoms with Gasteiger partial charge in [-0.05, 0) is 43.0 Å². The molecule has 0 saturated carbocycles. The Morgan fingerprint density at radius 2 is 2.00 bits per heavy atom. The van der Waals surface area contributed by atoms with Crippen LogP contribution >= 0.6 is 0 Å². The van der Waals surface area contributed by atoms with Crippen molar-refractivity contribution in [2.75, 3.05) is 25.1 Å². The van der Waals surface area contributed by atoms with E-state index < -0.39 is 6.17 Å². The van der Waals surface area contributed by atoms with Crippen molar-refractivity contribution in [2.45, 2.75) is 71.6 Å². The zero-order valence-electron chi connectivity index (χ0n) is 21.8. The van der Waals surface area contributed by atoms with Crippen molar-refractivity contribution in [3.05, 3.63) is 59.7 Å². The first kappa shape index (κ1) is 26.2. The maximum absolute atomic E-state index is 15.7. The van der Waals surface area contributed by atoms with E-state index >= 15 is 4.39 Å². The molecule has 0 amide bonds. The molecule has 0 spiro atoms. The van der Waals surface area contributed by atoms with Gasteiger partial charge in [-0.2, -0.15) is 0 Å². The van der Waals surface area contributed by atoms with Crippen LogP contribution in [0.2, 0.25) is 0 Å². The summed E-state index contributed by atoms with van der Waals surface area (Å²) in [6.07, 6.45) is 4.80. The fourth-order valence-corrected chi connectivity index (χ4v) is 4.63. The van der Waals surface area contributed by atoms with Gasteiger partial charge in [-0.25, -0.2) is 28.7 Å². The van der Waals surface area contributed by atoms with E-state index in [9.17, 15) is 4.39 Å². The Labute approximate surface area is 212 Å². The van der Waals surface area contributed by atoms with Crippen molar-refractivity contribution in [3.63, 3.8) is 0 Å². The Kier molecular flexibility index (Phi) is 8.31. The molecule has 4 rings (SSSR count). The molecule has 36 heavy (non-hydrogen) atoms. The normalized spacial score (nSPS) is 18.8. The number of nitrogens with zero attached hydrogens (tertiary/aromatic N) is 5. The van der Waals surface area contributed by atoms with Crippen LogP contribution in [0, 0.1) is 12.7 Å². The first-order valence-electron chi connectivity index (χ1n) is 12.8. The average molecular weight is 498 g/mol. The summed E-state index contributed by atoms with van der Waals surface area (Å²) in [4.78, 5) is 13.4. The van der Waals surface area contributed by atoms with E-state index in [4.69, 9.17) is 4.98 Å². The highest BCUT2D eigenvalue weighted by molar-refractivity contribution is 5.60. The topological polar surface area (TPSA) is 70.9 Å². The number of hydrazine groups is 1. The van der Waals surface area contributed by atoms with Gasteiger partial charge < -0.3 is 15.3 Å². The molecule has 1 aliphatic heterocycles. The number of piperidine rings is 1. The lowest BCUT2D eigenvalue weighted by molar-refractivity contribution is 0.132. The van der Waals surface area contributed by atoms with Crippen molar-refractivity contribution in [1.29, 1.82) is 0 Å². The number of hydrogen-bond donors (Lipinski definition) is 2. The van der Waals surface area contributed by atoms with Crippen molar-refractivity contribution >= 4 is 5.82 Å². The van der Waals surface area contributed by atoms with Crippen LogP contribution in [0.1, 0.15) is 62.9 Å². The second-order valence-corrected chi connectivity index (χ2v) is 10.2. The maximum atomic E-state index is 15.7. The van der Waals surface area contributed by atoms with E-state index in [-0.39, 0.29) is 24.2 Å². The van der Waals surface area contributed by atoms with Crippen LogP contribution in [-0.4, -0.2) is 56.4 Å². The number of halogens is 2. The minimum atomic E-state index is -1.10. The summed E-state index contributed by atoms with van der Waals surface area (Å²) >= 11 is 0. The van der Waals surface area contributed by atoms with Crippen molar-refractivity contribution in [3.8, 4) is 11.3 Å². The quantitative estimate of drug-likeness (QED) is 0.431. The Morgan fingerprint density at radius 3 is 2.69 bits per heavy atom. The van der Waals surface area contributed by atoms with Gasteiger partial charge in [0.25, 0.3) is 0 Å². The van der Waals surface area contributed by atoms with Gasteiger partial charge in [-0.1, -0.05) is 27.7 Å². The van der Waals surface area contributed by atoms with Crippen LogP contribution in [0.3, 0.4) is 0 Å².